The summed E-state index contributed by atoms with van der Waals surface area (Å²) in [4.78, 5) is 33.0. The van der Waals surface area contributed by atoms with Gasteiger partial charge in [-0.15, -0.1) is 11.3 Å². The molecule has 1 aliphatic carbocycles. The monoisotopic (exact) mass is 812 g/mol. The molecule has 4 saturated heterocycles. The van der Waals surface area contributed by atoms with Crippen LogP contribution < -0.4 is 20.8 Å². The maximum Gasteiger partial charge on any atom is 0.340 e. The average Bonchev–Trinajstić information content (AvgIpc) is 3.55. The summed E-state index contributed by atoms with van der Waals surface area (Å²) in [6.45, 7) is 2.84. The highest BCUT2D eigenvalue weighted by Gasteiger charge is 2.61. The molecule has 10 rings (SSSR count). The largest absolute Gasteiger partial charge is 0.467 e. The molecule has 2 aromatic heterocycles. The lowest BCUT2D eigenvalue weighted by atomic mass is 9.75. The van der Waals surface area contributed by atoms with E-state index in [-0.39, 0.29) is 60.4 Å². The van der Waals surface area contributed by atoms with Gasteiger partial charge in [0.05, 0.1) is 27.9 Å². The van der Waals surface area contributed by atoms with Crippen molar-refractivity contribution in [2.24, 2.45) is 10.9 Å². The molecule has 18 heteroatoms. The van der Waals surface area contributed by atoms with E-state index in [1.165, 1.54) is 43.4 Å². The zero-order valence-corrected chi connectivity index (χ0v) is 32.1. The number of nitriles is 1. The smallest absolute Gasteiger partial charge is 0.340 e. The van der Waals surface area contributed by atoms with Gasteiger partial charge in [-0.25, -0.2) is 28.0 Å². The number of hydrogen-bond acceptors (Lipinski definition) is 11. The topological polar surface area (TPSA) is 139 Å². The van der Waals surface area contributed by atoms with Gasteiger partial charge in [0, 0.05) is 48.1 Å². The highest BCUT2D eigenvalue weighted by Crippen LogP contribution is 2.53. The van der Waals surface area contributed by atoms with Gasteiger partial charge in [-0.1, -0.05) is 29.3 Å². The average molecular weight is 814 g/mol. The van der Waals surface area contributed by atoms with Gasteiger partial charge in [0.1, 0.15) is 40.7 Å². The number of methoxy groups -OCH3 is 1. The van der Waals surface area contributed by atoms with Crippen molar-refractivity contribution in [2.75, 3.05) is 43.9 Å². The van der Waals surface area contributed by atoms with E-state index in [0.29, 0.717) is 49.2 Å². The number of benzene rings is 2. The van der Waals surface area contributed by atoms with Crippen LogP contribution in [0.3, 0.4) is 0 Å². The van der Waals surface area contributed by atoms with Crippen molar-refractivity contribution in [3.8, 4) is 23.2 Å². The molecule has 55 heavy (non-hydrogen) atoms. The maximum absolute atomic E-state index is 16.7. The number of thiophene rings is 1. The molecule has 1 saturated carbocycles. The molecule has 7 heterocycles. The number of likely N-dealkylation sites (tertiary alicyclic amines) is 1. The van der Waals surface area contributed by atoms with E-state index in [4.69, 9.17) is 33.7 Å². The van der Waals surface area contributed by atoms with Gasteiger partial charge >= 0.3 is 12.0 Å². The predicted octanol–water partition coefficient (Wildman–Crippen LogP) is 7.02. The summed E-state index contributed by atoms with van der Waals surface area (Å²) in [5.41, 5.74) is 7.88. The maximum atomic E-state index is 16.7. The summed E-state index contributed by atoms with van der Waals surface area (Å²) >= 11 is 13.8. The second kappa shape index (κ2) is 13.8. The lowest BCUT2D eigenvalue weighted by molar-refractivity contribution is -0.0389. The molecule has 1 spiro atoms. The Hall–Kier alpha value is -4.14. The molecule has 2 amide bonds. The van der Waals surface area contributed by atoms with Gasteiger partial charge < -0.3 is 20.3 Å². The summed E-state index contributed by atoms with van der Waals surface area (Å²) < 4.78 is 49.6. The number of nitrogens with one attached hydrogen (secondary N) is 1. The van der Waals surface area contributed by atoms with Gasteiger partial charge in [0.25, 0.3) is 0 Å². The number of anilines is 2. The van der Waals surface area contributed by atoms with Crippen LogP contribution in [-0.2, 0) is 0 Å². The van der Waals surface area contributed by atoms with E-state index in [9.17, 15) is 18.8 Å². The van der Waals surface area contributed by atoms with E-state index >= 15 is 4.39 Å². The third kappa shape index (κ3) is 6.10. The summed E-state index contributed by atoms with van der Waals surface area (Å²) in [6.07, 6.45) is 7.88. The number of halogens is 5. The lowest BCUT2D eigenvalue weighted by Crippen LogP contribution is -2.72. The number of ether oxygens (including phenoxy) is 1. The Morgan fingerprint density at radius 2 is 2.04 bits per heavy atom. The van der Waals surface area contributed by atoms with Gasteiger partial charge in [-0.3, -0.25) is 4.90 Å². The van der Waals surface area contributed by atoms with Crippen molar-refractivity contribution >= 4 is 78.7 Å². The fourth-order valence-corrected chi connectivity index (χ4v) is 10.6. The first-order valence-electron chi connectivity index (χ1n) is 18.3. The second-order valence-electron chi connectivity index (χ2n) is 15.1. The van der Waals surface area contributed by atoms with Crippen molar-refractivity contribution in [2.45, 2.75) is 74.4 Å². The highest BCUT2D eigenvalue weighted by molar-refractivity contribution is 7.23. The molecule has 4 aromatic rings. The van der Waals surface area contributed by atoms with E-state index in [0.717, 1.165) is 43.6 Å². The molecule has 6 aliphatic rings. The molecular weight excluding hydrogens is 776 g/mol. The van der Waals surface area contributed by atoms with Crippen LogP contribution in [0.4, 0.5) is 28.8 Å². The van der Waals surface area contributed by atoms with E-state index in [1.54, 1.807) is 6.07 Å². The minimum absolute atomic E-state index is 0.0276. The Labute approximate surface area is 328 Å². The number of aromatic nitrogens is 2. The molecule has 2 aromatic carbocycles. The van der Waals surface area contributed by atoms with Crippen molar-refractivity contribution in [1.82, 2.24) is 30.2 Å². The Morgan fingerprint density at radius 1 is 1.22 bits per heavy atom. The Balaban J connectivity index is 0.000000385. The van der Waals surface area contributed by atoms with E-state index in [1.807, 2.05) is 15.9 Å². The fraction of sp³-hybridized carbons (Fsp3) is 0.486. The van der Waals surface area contributed by atoms with Crippen molar-refractivity contribution in [1.29, 1.82) is 5.26 Å². The number of carbonyl (C=O) groups is 1. The Kier molecular flexibility index (Phi) is 9.16. The predicted molar refractivity (Wildman–Crippen MR) is 206 cm³/mol. The van der Waals surface area contributed by atoms with E-state index < -0.39 is 29.0 Å². The Bertz CT molecular complexity index is 2290. The van der Waals surface area contributed by atoms with Gasteiger partial charge in [0.2, 0.25) is 0 Å². The number of hydrazine groups is 1. The highest BCUT2D eigenvalue weighted by atomic mass is 35.5. The van der Waals surface area contributed by atoms with Crippen LogP contribution in [-0.4, -0.2) is 99.9 Å². The summed E-state index contributed by atoms with van der Waals surface area (Å²) in [6, 6.07) is 6.63. The molecule has 5 atom stereocenters. The Morgan fingerprint density at radius 3 is 2.75 bits per heavy atom. The normalized spacial score (nSPS) is 27.2. The van der Waals surface area contributed by atoms with Crippen molar-refractivity contribution in [3.63, 3.8) is 0 Å². The number of carbonyl (C=O) groups excluding carboxylic acids is 1. The third-order valence-electron chi connectivity index (χ3n) is 11.9. The zero-order chi connectivity index (χ0) is 38.3. The first kappa shape index (κ1) is 36.5. The van der Waals surface area contributed by atoms with Gasteiger partial charge in [-0.2, -0.15) is 20.7 Å². The zero-order valence-electron chi connectivity index (χ0n) is 29.7. The summed E-state index contributed by atoms with van der Waals surface area (Å²) in [7, 11) is 1.39. The third-order valence-corrected chi connectivity index (χ3v) is 13.4. The number of nitrogens with zero attached hydrogens (tertiary/aromatic N) is 8. The number of aliphatic imine (C=N–C) groups is 1. The van der Waals surface area contributed by atoms with Crippen molar-refractivity contribution in [3.05, 3.63) is 40.4 Å². The second-order valence-corrected chi connectivity index (χ2v) is 17.0. The molecule has 0 bridgehead atoms. The molecule has 288 valence electrons. The summed E-state index contributed by atoms with van der Waals surface area (Å²) in [5.74, 6) is -0.480. The number of rotatable bonds is 4. The number of urea groups is 1. The molecular formula is C37H37Cl2F3N10O2S. The van der Waals surface area contributed by atoms with Crippen LogP contribution in [0.1, 0.15) is 50.5 Å². The van der Waals surface area contributed by atoms with Gasteiger partial charge in [-0.05, 0) is 75.1 Å². The molecule has 5 aliphatic heterocycles. The number of nitrogens with two attached hydrogens (primary N) is 1. The molecule has 3 N–H and O–H groups in total. The number of hydrogen-bond donors (Lipinski definition) is 2. The number of alkyl halides is 2. The van der Waals surface area contributed by atoms with Crippen LogP contribution in [0.5, 0.6) is 6.01 Å². The van der Waals surface area contributed by atoms with Crippen LogP contribution in [0.2, 0.25) is 5.02 Å². The van der Waals surface area contributed by atoms with E-state index in [2.05, 4.69) is 25.3 Å². The minimum Gasteiger partial charge on any atom is -0.467 e. The van der Waals surface area contributed by atoms with Crippen LogP contribution in [0, 0.1) is 28.9 Å². The molecule has 0 radical (unpaired) electrons. The van der Waals surface area contributed by atoms with Crippen LogP contribution in [0.15, 0.2) is 23.2 Å². The first-order chi connectivity index (χ1) is 26.5. The first-order valence-corrected chi connectivity index (χ1v) is 20.0. The van der Waals surface area contributed by atoms with Crippen molar-refractivity contribution < 1.29 is 22.7 Å². The van der Waals surface area contributed by atoms with Crippen LogP contribution in [0.25, 0.3) is 32.1 Å². The molecule has 12 nitrogen and oxygen atoms in total. The number of amides is 2. The SMILES string of the molecule is COc1nc(N2CC[C@@]3(CC(C4CC4)N3C(=O)N3C=NC(Cl)N3)C2)c2cc(Cl)c(-c3ccc(F)c4sc(N)c(C#N)c34)c(F)c2n1.FC1CC2CCCN2C1. The number of nitrogen functional groups attached to an aromatic ring is 1. The number of fused-ring (bicyclic) bond motifs is 3. The summed E-state index contributed by atoms with van der Waals surface area (Å²) in [5, 5.41) is 11.8. The minimum atomic E-state index is -0.774. The standard InChI is InChI=1S/C30H25Cl2F2N9O2S.C7H12FN/c1-45-28-38-23-15(8-17(31)21(22(23)34)14-4-5-18(33)24-20(14)16(10-35)25(36)46-24)26(39-28)41-7-6-30(11-41)9-19(13-2-3-13)43(30)29(44)42-12-37-27(32)40-42;8-6-4-7-2-1-3-9(7)5-6/h4-5,8,12-13,19,27,40H,2-3,6-7,9,11,36H2,1H3;6-7H,1-5H2/t19?,27?,30-;/m1./s1. The van der Waals surface area contributed by atoms with Gasteiger partial charge in [0.15, 0.2) is 11.4 Å². The lowest BCUT2D eigenvalue weighted by Gasteiger charge is -2.57. The molecule has 5 fully saturated rings. The quantitative estimate of drug-likeness (QED) is 0.164. The van der Waals surface area contributed by atoms with Crippen LogP contribution >= 0.6 is 34.5 Å². The molecule has 4 unspecified atom stereocenters. The fourth-order valence-electron chi connectivity index (χ4n) is 9.22.